The van der Waals surface area contributed by atoms with Crippen molar-refractivity contribution in [1.29, 1.82) is 0 Å². The van der Waals surface area contributed by atoms with Crippen LogP contribution in [-0.4, -0.2) is 19.0 Å². The van der Waals surface area contributed by atoms with Gasteiger partial charge in [-0.15, -0.1) is 0 Å². The highest BCUT2D eigenvalue weighted by Gasteiger charge is 2.18. The smallest absolute Gasteiger partial charge is 0.338 e. The number of carbonyl (C=O) groups is 2. The van der Waals surface area contributed by atoms with E-state index in [0.717, 1.165) is 5.56 Å². The van der Waals surface area contributed by atoms with Crippen molar-refractivity contribution in [3.63, 3.8) is 0 Å². The predicted molar refractivity (Wildman–Crippen MR) is 104 cm³/mol. The molecule has 0 aliphatic carbocycles. The summed E-state index contributed by atoms with van der Waals surface area (Å²) < 4.78 is 4.81. The molecule has 1 amide bonds. The number of rotatable bonds is 3. The molecule has 0 atom stereocenters. The van der Waals surface area contributed by atoms with E-state index in [9.17, 15) is 9.59 Å². The number of carbonyl (C=O) groups excluding carboxylic acids is 2. The monoisotopic (exact) mass is 387 g/mol. The average molecular weight is 388 g/mol. The fourth-order valence-electron chi connectivity index (χ4n) is 2.79. The molecule has 0 aliphatic heterocycles. The first-order valence-corrected chi connectivity index (χ1v) is 8.55. The van der Waals surface area contributed by atoms with Crippen LogP contribution in [0.3, 0.4) is 0 Å². The van der Waals surface area contributed by atoms with E-state index in [1.54, 1.807) is 48.5 Å². The van der Waals surface area contributed by atoms with E-state index in [2.05, 4.69) is 5.32 Å². The molecule has 0 spiro atoms. The summed E-state index contributed by atoms with van der Waals surface area (Å²) in [4.78, 5) is 24.8. The first-order valence-electron chi connectivity index (χ1n) is 7.79. The number of hydrogen-bond acceptors (Lipinski definition) is 3. The van der Waals surface area contributed by atoms with Crippen LogP contribution >= 0.6 is 23.2 Å². The number of methoxy groups -OCH3 is 1. The molecule has 0 unspecified atom stereocenters. The molecule has 26 heavy (non-hydrogen) atoms. The lowest BCUT2D eigenvalue weighted by atomic mass is 9.99. The van der Waals surface area contributed by atoms with Gasteiger partial charge >= 0.3 is 5.97 Å². The molecule has 0 bridgehead atoms. The van der Waals surface area contributed by atoms with Crippen LogP contribution in [0, 0.1) is 6.92 Å². The first-order chi connectivity index (χ1) is 12.4. The van der Waals surface area contributed by atoms with E-state index >= 15 is 0 Å². The van der Waals surface area contributed by atoms with Crippen LogP contribution in [0.25, 0.3) is 10.8 Å². The van der Waals surface area contributed by atoms with Gasteiger partial charge in [0.05, 0.1) is 28.4 Å². The lowest BCUT2D eigenvalue weighted by molar-refractivity contribution is 0.0602. The molecule has 3 rings (SSSR count). The summed E-state index contributed by atoms with van der Waals surface area (Å²) in [5.41, 5.74) is 2.04. The highest BCUT2D eigenvalue weighted by molar-refractivity contribution is 6.40. The van der Waals surface area contributed by atoms with E-state index in [4.69, 9.17) is 27.9 Å². The molecular weight excluding hydrogens is 373 g/mol. The third-order valence-corrected chi connectivity index (χ3v) is 4.60. The van der Waals surface area contributed by atoms with Gasteiger partial charge in [-0.05, 0) is 47.5 Å². The molecule has 3 aromatic carbocycles. The van der Waals surface area contributed by atoms with E-state index in [1.807, 2.05) is 6.92 Å². The quantitative estimate of drug-likeness (QED) is 0.604. The van der Waals surface area contributed by atoms with Gasteiger partial charge in [-0.3, -0.25) is 4.79 Å². The van der Waals surface area contributed by atoms with Crippen molar-refractivity contribution < 1.29 is 14.3 Å². The topological polar surface area (TPSA) is 55.4 Å². The highest BCUT2D eigenvalue weighted by atomic mass is 35.5. The van der Waals surface area contributed by atoms with Crippen LogP contribution < -0.4 is 5.32 Å². The molecule has 3 aromatic rings. The van der Waals surface area contributed by atoms with E-state index in [1.165, 1.54) is 7.11 Å². The standard InChI is InChI=1S/C20H15Cl2NO3/c1-11-9-16(21)18(17(22)10-11)23-19(24)14-7-8-15(20(25)26-2)13-6-4-3-5-12(13)14/h3-10H,1-2H3,(H,23,24). The first kappa shape index (κ1) is 18.2. The zero-order valence-corrected chi connectivity index (χ0v) is 15.6. The SMILES string of the molecule is COC(=O)c1ccc(C(=O)Nc2c(Cl)cc(C)cc2Cl)c2ccccc12. The molecule has 0 aliphatic rings. The Hall–Kier alpha value is -2.56. The Balaban J connectivity index is 2.06. The fraction of sp³-hybridized carbons (Fsp3) is 0.100. The summed E-state index contributed by atoms with van der Waals surface area (Å²) in [7, 11) is 1.32. The lowest BCUT2D eigenvalue weighted by Crippen LogP contribution is -2.14. The number of amides is 1. The molecule has 0 saturated carbocycles. The summed E-state index contributed by atoms with van der Waals surface area (Å²) in [6, 6.07) is 13.7. The van der Waals surface area contributed by atoms with Crippen LogP contribution in [0.15, 0.2) is 48.5 Å². The third kappa shape index (κ3) is 3.39. The number of anilines is 1. The Morgan fingerprint density at radius 3 is 2.04 bits per heavy atom. The van der Waals surface area contributed by atoms with Crippen LogP contribution in [0.2, 0.25) is 10.0 Å². The number of benzene rings is 3. The minimum atomic E-state index is -0.460. The number of nitrogens with one attached hydrogen (secondary N) is 1. The van der Waals surface area contributed by atoms with Crippen LogP contribution in [0.1, 0.15) is 26.3 Å². The van der Waals surface area contributed by atoms with Crippen molar-refractivity contribution in [3.8, 4) is 0 Å². The van der Waals surface area contributed by atoms with Crippen LogP contribution in [0.5, 0.6) is 0 Å². The fourth-order valence-corrected chi connectivity index (χ4v) is 3.48. The van der Waals surface area contributed by atoms with E-state index < -0.39 is 5.97 Å². The molecule has 4 nitrogen and oxygen atoms in total. The summed E-state index contributed by atoms with van der Waals surface area (Å²) in [6.07, 6.45) is 0. The van der Waals surface area contributed by atoms with Gasteiger partial charge in [-0.1, -0.05) is 47.5 Å². The Morgan fingerprint density at radius 1 is 0.923 bits per heavy atom. The second-order valence-electron chi connectivity index (χ2n) is 5.76. The van der Waals surface area contributed by atoms with Crippen molar-refractivity contribution in [2.75, 3.05) is 12.4 Å². The lowest BCUT2D eigenvalue weighted by Gasteiger charge is -2.13. The Morgan fingerprint density at radius 2 is 1.46 bits per heavy atom. The van der Waals surface area contributed by atoms with Gasteiger partial charge in [0.25, 0.3) is 5.91 Å². The zero-order chi connectivity index (χ0) is 18.8. The van der Waals surface area contributed by atoms with E-state index in [0.29, 0.717) is 37.6 Å². The molecule has 1 N–H and O–H groups in total. The van der Waals surface area contributed by atoms with Crippen molar-refractivity contribution in [2.45, 2.75) is 6.92 Å². The zero-order valence-electron chi connectivity index (χ0n) is 14.1. The Labute approximate surface area is 160 Å². The summed E-state index contributed by atoms with van der Waals surface area (Å²) in [6.45, 7) is 1.86. The van der Waals surface area contributed by atoms with Crippen LogP contribution in [-0.2, 0) is 4.74 Å². The van der Waals surface area contributed by atoms with Gasteiger partial charge in [0.1, 0.15) is 0 Å². The molecule has 0 aromatic heterocycles. The molecule has 132 valence electrons. The molecule has 0 radical (unpaired) electrons. The molecular formula is C20H15Cl2NO3. The van der Waals surface area contributed by atoms with Gasteiger partial charge in [0, 0.05) is 5.56 Å². The van der Waals surface area contributed by atoms with E-state index in [-0.39, 0.29) is 5.91 Å². The number of ether oxygens (including phenoxy) is 1. The van der Waals surface area contributed by atoms with Crippen molar-refractivity contribution in [1.82, 2.24) is 0 Å². The number of aryl methyl sites for hydroxylation is 1. The largest absolute Gasteiger partial charge is 0.465 e. The number of fused-ring (bicyclic) bond motifs is 1. The molecule has 6 heteroatoms. The maximum Gasteiger partial charge on any atom is 0.338 e. The Kier molecular flexibility index (Phi) is 5.16. The third-order valence-electron chi connectivity index (χ3n) is 4.00. The van der Waals surface area contributed by atoms with Gasteiger partial charge in [-0.2, -0.15) is 0 Å². The van der Waals surface area contributed by atoms with Gasteiger partial charge < -0.3 is 10.1 Å². The van der Waals surface area contributed by atoms with Crippen molar-refractivity contribution in [3.05, 3.63) is 75.3 Å². The second-order valence-corrected chi connectivity index (χ2v) is 6.57. The van der Waals surface area contributed by atoms with Gasteiger partial charge in [-0.25, -0.2) is 4.79 Å². The van der Waals surface area contributed by atoms with Gasteiger partial charge in [0.2, 0.25) is 0 Å². The maximum absolute atomic E-state index is 12.8. The summed E-state index contributed by atoms with van der Waals surface area (Å²) >= 11 is 12.4. The normalized spacial score (nSPS) is 10.6. The number of esters is 1. The highest BCUT2D eigenvalue weighted by Crippen LogP contribution is 2.33. The predicted octanol–water partition coefficient (Wildman–Crippen LogP) is 5.49. The minimum Gasteiger partial charge on any atom is -0.465 e. The molecule has 0 heterocycles. The molecule has 0 saturated heterocycles. The van der Waals surface area contributed by atoms with Crippen LogP contribution in [0.4, 0.5) is 5.69 Å². The number of halogens is 2. The summed E-state index contributed by atoms with van der Waals surface area (Å²) in [5.74, 6) is -0.831. The average Bonchev–Trinajstić information content (AvgIpc) is 2.62. The minimum absolute atomic E-state index is 0.352. The maximum atomic E-state index is 12.8. The van der Waals surface area contributed by atoms with Crippen molar-refractivity contribution >= 4 is 51.5 Å². The Bertz CT molecular complexity index is 1010. The van der Waals surface area contributed by atoms with Gasteiger partial charge in [0.15, 0.2) is 0 Å². The van der Waals surface area contributed by atoms with Crippen molar-refractivity contribution in [2.24, 2.45) is 0 Å². The molecule has 0 fully saturated rings. The number of hydrogen-bond donors (Lipinski definition) is 1. The second kappa shape index (κ2) is 7.36. The summed E-state index contributed by atoms with van der Waals surface area (Å²) in [5, 5.41) is 4.74.